The lowest BCUT2D eigenvalue weighted by atomic mass is 10.2. The van der Waals surface area contributed by atoms with E-state index in [0.717, 1.165) is 13.3 Å². The smallest absolute Gasteiger partial charge is 0.288 e. The number of halogens is 2. The molecular weight excluding hydrogens is 188 g/mol. The molecule has 3 N–H and O–H groups in total. The van der Waals surface area contributed by atoms with Crippen LogP contribution in [0.2, 0.25) is 0 Å². The number of alkyl halides is 2. The molecule has 1 aromatic heterocycles. The maximum atomic E-state index is 12.9. The molecule has 3 nitrogen and oxygen atoms in total. The molecular formula is C9H15F2N3. The molecule has 0 aliphatic carbocycles. The monoisotopic (exact) mass is 203 g/mol. The van der Waals surface area contributed by atoms with Gasteiger partial charge in [0.2, 0.25) is 0 Å². The zero-order valence-electron chi connectivity index (χ0n) is 8.40. The van der Waals surface area contributed by atoms with Gasteiger partial charge >= 0.3 is 0 Å². The van der Waals surface area contributed by atoms with Crippen LogP contribution in [0.25, 0.3) is 0 Å². The van der Waals surface area contributed by atoms with E-state index < -0.39 is 5.92 Å². The number of imidazole rings is 1. The fourth-order valence-electron chi connectivity index (χ4n) is 1.34. The Morgan fingerprint density at radius 1 is 1.50 bits per heavy atom. The summed E-state index contributed by atoms with van der Waals surface area (Å²) in [5.41, 5.74) is 5.59. The largest absolute Gasteiger partial charge is 0.346 e. The van der Waals surface area contributed by atoms with Crippen LogP contribution < -0.4 is 5.73 Å². The lowest BCUT2D eigenvalue weighted by Gasteiger charge is -2.06. The Morgan fingerprint density at radius 3 is 2.57 bits per heavy atom. The van der Waals surface area contributed by atoms with Gasteiger partial charge in [-0.25, -0.2) is 4.98 Å². The molecule has 0 saturated carbocycles. The number of aromatic nitrogens is 2. The average Bonchev–Trinajstić information content (AvgIpc) is 2.42. The van der Waals surface area contributed by atoms with Crippen molar-refractivity contribution >= 4 is 0 Å². The second kappa shape index (κ2) is 4.04. The zero-order chi connectivity index (χ0) is 10.8. The van der Waals surface area contributed by atoms with Crippen LogP contribution in [0, 0.1) is 6.92 Å². The van der Waals surface area contributed by atoms with Gasteiger partial charge in [0.05, 0.1) is 0 Å². The number of H-pyrrole nitrogens is 1. The molecule has 0 fully saturated rings. The maximum absolute atomic E-state index is 12.9. The third-order valence-corrected chi connectivity index (χ3v) is 1.97. The van der Waals surface area contributed by atoms with Crippen molar-refractivity contribution in [3.05, 3.63) is 17.2 Å². The van der Waals surface area contributed by atoms with Gasteiger partial charge in [0.1, 0.15) is 11.5 Å². The summed E-state index contributed by atoms with van der Waals surface area (Å²) in [5.74, 6) is -2.29. The molecule has 0 atom stereocenters. The van der Waals surface area contributed by atoms with Gasteiger partial charge in [-0.1, -0.05) is 0 Å². The third-order valence-electron chi connectivity index (χ3n) is 1.97. The molecule has 0 bridgehead atoms. The molecule has 80 valence electrons. The lowest BCUT2D eigenvalue weighted by Crippen LogP contribution is -2.09. The van der Waals surface area contributed by atoms with Gasteiger partial charge in [0.25, 0.3) is 5.92 Å². The standard InChI is InChI=1S/C9H15F2N3/c1-6-8(9(2,10)11)14-7(13-6)4-3-5-12/h3-5,12H2,1-2H3,(H,13,14). The van der Waals surface area contributed by atoms with Crippen LogP contribution in [0.1, 0.15) is 30.6 Å². The normalized spacial score (nSPS) is 12.1. The lowest BCUT2D eigenvalue weighted by molar-refractivity contribution is 0.0124. The number of nitrogens with one attached hydrogen (secondary N) is 1. The second-order valence-corrected chi connectivity index (χ2v) is 3.44. The van der Waals surface area contributed by atoms with Gasteiger partial charge in [-0.05, 0) is 19.9 Å². The van der Waals surface area contributed by atoms with Gasteiger partial charge in [-0.2, -0.15) is 8.78 Å². The van der Waals surface area contributed by atoms with Gasteiger partial charge < -0.3 is 10.7 Å². The summed E-state index contributed by atoms with van der Waals surface area (Å²) in [5, 5.41) is 0. The van der Waals surface area contributed by atoms with Crippen molar-refractivity contribution in [1.82, 2.24) is 9.97 Å². The molecule has 5 heteroatoms. The number of aryl methyl sites for hydroxylation is 2. The molecule has 0 aliphatic heterocycles. The third kappa shape index (κ3) is 2.51. The summed E-state index contributed by atoms with van der Waals surface area (Å²) in [6, 6.07) is 0. The van der Waals surface area contributed by atoms with E-state index in [4.69, 9.17) is 5.73 Å². The fourth-order valence-corrected chi connectivity index (χ4v) is 1.34. The van der Waals surface area contributed by atoms with Gasteiger partial charge in [-0.3, -0.25) is 0 Å². The van der Waals surface area contributed by atoms with E-state index in [-0.39, 0.29) is 5.69 Å². The molecule has 0 amide bonds. The van der Waals surface area contributed by atoms with Gasteiger partial charge in [-0.15, -0.1) is 0 Å². The van der Waals surface area contributed by atoms with Crippen molar-refractivity contribution in [2.45, 2.75) is 32.6 Å². The molecule has 1 heterocycles. The summed E-state index contributed by atoms with van der Waals surface area (Å²) < 4.78 is 25.9. The predicted octanol–water partition coefficient (Wildman–Crippen LogP) is 1.72. The zero-order valence-corrected chi connectivity index (χ0v) is 8.40. The molecule has 0 spiro atoms. The van der Waals surface area contributed by atoms with Crippen LogP contribution in [0.3, 0.4) is 0 Å². The van der Waals surface area contributed by atoms with Crippen LogP contribution in [0.5, 0.6) is 0 Å². The van der Waals surface area contributed by atoms with E-state index in [1.165, 1.54) is 0 Å². The number of rotatable bonds is 4. The van der Waals surface area contributed by atoms with Crippen LogP contribution in [-0.4, -0.2) is 16.5 Å². The first-order chi connectivity index (χ1) is 6.45. The Hall–Kier alpha value is -0.970. The quantitative estimate of drug-likeness (QED) is 0.782. The average molecular weight is 203 g/mol. The number of nitrogens with zero attached hydrogens (tertiary/aromatic N) is 1. The minimum Gasteiger partial charge on any atom is -0.346 e. The van der Waals surface area contributed by atoms with E-state index in [9.17, 15) is 8.78 Å². The van der Waals surface area contributed by atoms with E-state index in [1.54, 1.807) is 6.92 Å². The maximum Gasteiger partial charge on any atom is 0.288 e. The first-order valence-corrected chi connectivity index (χ1v) is 4.59. The summed E-state index contributed by atoms with van der Waals surface area (Å²) in [6.07, 6.45) is 1.37. The van der Waals surface area contributed by atoms with E-state index in [1.807, 2.05) is 0 Å². The highest BCUT2D eigenvalue weighted by Gasteiger charge is 2.29. The predicted molar refractivity (Wildman–Crippen MR) is 50.3 cm³/mol. The summed E-state index contributed by atoms with van der Waals surface area (Å²) in [7, 11) is 0. The molecule has 14 heavy (non-hydrogen) atoms. The summed E-state index contributed by atoms with van der Waals surface area (Å²) in [4.78, 5) is 6.70. The highest BCUT2D eigenvalue weighted by atomic mass is 19.3. The summed E-state index contributed by atoms with van der Waals surface area (Å²) in [6.45, 7) is 2.99. The van der Waals surface area contributed by atoms with Crippen molar-refractivity contribution in [3.8, 4) is 0 Å². The van der Waals surface area contributed by atoms with Gasteiger partial charge in [0.15, 0.2) is 0 Å². The van der Waals surface area contributed by atoms with Gasteiger partial charge in [0, 0.05) is 19.0 Å². The molecule has 0 aliphatic rings. The number of aromatic amines is 1. The molecule has 1 rings (SSSR count). The Morgan fingerprint density at radius 2 is 2.14 bits per heavy atom. The van der Waals surface area contributed by atoms with Crippen molar-refractivity contribution in [1.29, 1.82) is 0 Å². The molecule has 0 aromatic carbocycles. The Bertz CT molecular complexity index is 301. The topological polar surface area (TPSA) is 54.7 Å². The number of hydrogen-bond donors (Lipinski definition) is 2. The fraction of sp³-hybridized carbons (Fsp3) is 0.667. The second-order valence-electron chi connectivity index (χ2n) is 3.44. The van der Waals surface area contributed by atoms with Crippen molar-refractivity contribution in [2.75, 3.05) is 6.54 Å². The van der Waals surface area contributed by atoms with E-state index >= 15 is 0 Å². The first-order valence-electron chi connectivity index (χ1n) is 4.59. The van der Waals surface area contributed by atoms with Crippen molar-refractivity contribution in [2.24, 2.45) is 5.73 Å². The summed E-state index contributed by atoms with van der Waals surface area (Å²) >= 11 is 0. The van der Waals surface area contributed by atoms with Crippen LogP contribution in [-0.2, 0) is 12.3 Å². The SMILES string of the molecule is Cc1[nH]c(CCCN)nc1C(C)(F)F. The molecule has 0 unspecified atom stereocenters. The van der Waals surface area contributed by atoms with Crippen LogP contribution in [0.15, 0.2) is 0 Å². The van der Waals surface area contributed by atoms with Crippen molar-refractivity contribution < 1.29 is 8.78 Å². The van der Waals surface area contributed by atoms with E-state index in [2.05, 4.69) is 9.97 Å². The Balaban J connectivity index is 2.83. The van der Waals surface area contributed by atoms with E-state index in [0.29, 0.717) is 24.5 Å². The molecule has 1 aromatic rings. The molecule has 0 radical (unpaired) electrons. The van der Waals surface area contributed by atoms with Crippen LogP contribution >= 0.6 is 0 Å². The van der Waals surface area contributed by atoms with Crippen molar-refractivity contribution in [3.63, 3.8) is 0 Å². The molecule has 0 saturated heterocycles. The first kappa shape index (κ1) is 11.1. The minimum absolute atomic E-state index is 0.162. The Kier molecular flexibility index (Phi) is 3.21. The highest BCUT2D eigenvalue weighted by molar-refractivity contribution is 5.17. The number of hydrogen-bond acceptors (Lipinski definition) is 2. The Labute approximate surface area is 81.7 Å². The number of nitrogens with two attached hydrogens (primary N) is 1. The van der Waals surface area contributed by atoms with Crippen LogP contribution in [0.4, 0.5) is 8.78 Å². The minimum atomic E-state index is -2.87. The highest BCUT2D eigenvalue weighted by Crippen LogP contribution is 2.27.